The van der Waals surface area contributed by atoms with E-state index in [4.69, 9.17) is 5.11 Å². The van der Waals surface area contributed by atoms with Crippen LogP contribution in [0.15, 0.2) is 0 Å². The number of amides is 1. The van der Waals surface area contributed by atoms with Crippen LogP contribution in [0.1, 0.15) is 47.0 Å². The Hall–Kier alpha value is -1.06. The van der Waals surface area contributed by atoms with Gasteiger partial charge in [0.05, 0.1) is 0 Å². The van der Waals surface area contributed by atoms with Gasteiger partial charge in [0, 0.05) is 5.92 Å². The zero-order chi connectivity index (χ0) is 13.2. The molecule has 0 aromatic rings. The molecule has 1 aliphatic carbocycles. The third-order valence-corrected chi connectivity index (χ3v) is 3.60. The van der Waals surface area contributed by atoms with Gasteiger partial charge in [-0.2, -0.15) is 0 Å². The molecule has 0 aromatic carbocycles. The molecule has 4 heteroatoms. The van der Waals surface area contributed by atoms with Crippen molar-refractivity contribution in [3.63, 3.8) is 0 Å². The molecular formula is C13H23NO3. The zero-order valence-electron chi connectivity index (χ0n) is 11.1. The van der Waals surface area contributed by atoms with Crippen LogP contribution in [0.4, 0.5) is 0 Å². The molecule has 0 aliphatic heterocycles. The Morgan fingerprint density at radius 2 is 1.88 bits per heavy atom. The van der Waals surface area contributed by atoms with E-state index >= 15 is 0 Å². The van der Waals surface area contributed by atoms with Gasteiger partial charge in [0.2, 0.25) is 5.91 Å². The molecule has 17 heavy (non-hydrogen) atoms. The smallest absolute Gasteiger partial charge is 0.326 e. The second-order valence-electron chi connectivity index (χ2n) is 6.16. The summed E-state index contributed by atoms with van der Waals surface area (Å²) in [5.41, 5.74) is -0.469. The van der Waals surface area contributed by atoms with Crippen molar-refractivity contribution in [2.45, 2.75) is 53.0 Å². The van der Waals surface area contributed by atoms with Crippen LogP contribution < -0.4 is 5.32 Å². The highest BCUT2D eigenvalue weighted by molar-refractivity contribution is 5.85. The van der Waals surface area contributed by atoms with E-state index in [9.17, 15) is 9.59 Å². The van der Waals surface area contributed by atoms with E-state index in [0.717, 1.165) is 19.3 Å². The van der Waals surface area contributed by atoms with Gasteiger partial charge in [-0.25, -0.2) is 4.79 Å². The van der Waals surface area contributed by atoms with Crippen molar-refractivity contribution in [1.29, 1.82) is 0 Å². The molecule has 1 fully saturated rings. The normalized spacial score (nSPS) is 26.6. The second kappa shape index (κ2) is 5.07. The summed E-state index contributed by atoms with van der Waals surface area (Å²) in [5.74, 6) is -0.711. The van der Waals surface area contributed by atoms with Crippen LogP contribution in [0, 0.1) is 17.3 Å². The highest BCUT2D eigenvalue weighted by atomic mass is 16.4. The highest BCUT2D eigenvalue weighted by Crippen LogP contribution is 2.31. The molecule has 3 atom stereocenters. The van der Waals surface area contributed by atoms with Gasteiger partial charge < -0.3 is 10.4 Å². The Kier molecular flexibility index (Phi) is 4.17. The number of carbonyl (C=O) groups is 2. The number of hydrogen-bond donors (Lipinski definition) is 2. The summed E-state index contributed by atoms with van der Waals surface area (Å²) in [4.78, 5) is 23.2. The van der Waals surface area contributed by atoms with E-state index < -0.39 is 17.4 Å². The van der Waals surface area contributed by atoms with Crippen LogP contribution in [-0.2, 0) is 9.59 Å². The average molecular weight is 241 g/mol. The summed E-state index contributed by atoms with van der Waals surface area (Å²) in [6.07, 6.45) is 3.00. The molecule has 0 bridgehead atoms. The van der Waals surface area contributed by atoms with Crippen molar-refractivity contribution >= 4 is 11.9 Å². The third-order valence-electron chi connectivity index (χ3n) is 3.60. The Morgan fingerprint density at radius 1 is 1.29 bits per heavy atom. The molecule has 0 radical (unpaired) electrons. The topological polar surface area (TPSA) is 66.4 Å². The number of nitrogens with one attached hydrogen (secondary N) is 1. The van der Waals surface area contributed by atoms with E-state index in [1.165, 1.54) is 0 Å². The minimum absolute atomic E-state index is 0.0146. The number of rotatable bonds is 3. The van der Waals surface area contributed by atoms with E-state index in [-0.39, 0.29) is 11.8 Å². The van der Waals surface area contributed by atoms with Gasteiger partial charge in [0.15, 0.2) is 0 Å². The lowest BCUT2D eigenvalue weighted by Gasteiger charge is -2.29. The molecule has 2 N–H and O–H groups in total. The van der Waals surface area contributed by atoms with Crippen LogP contribution >= 0.6 is 0 Å². The first-order chi connectivity index (χ1) is 7.73. The van der Waals surface area contributed by atoms with Crippen molar-refractivity contribution < 1.29 is 14.7 Å². The van der Waals surface area contributed by atoms with Gasteiger partial charge in [0.1, 0.15) is 6.04 Å². The number of carboxylic acid groups (broad SMARTS) is 1. The fraction of sp³-hybridized carbons (Fsp3) is 0.846. The van der Waals surface area contributed by atoms with Crippen molar-refractivity contribution in [2.75, 3.05) is 0 Å². The first kappa shape index (κ1) is 14.0. The molecule has 0 aromatic heterocycles. The number of hydrogen-bond acceptors (Lipinski definition) is 2. The van der Waals surface area contributed by atoms with Crippen LogP contribution in [0.25, 0.3) is 0 Å². The summed E-state index contributed by atoms with van der Waals surface area (Å²) in [6.45, 7) is 7.53. The first-order valence-corrected chi connectivity index (χ1v) is 6.26. The fourth-order valence-corrected chi connectivity index (χ4v) is 2.43. The number of carbonyl (C=O) groups excluding carboxylic acids is 1. The maximum Gasteiger partial charge on any atom is 0.326 e. The lowest BCUT2D eigenvalue weighted by atomic mass is 9.86. The Morgan fingerprint density at radius 3 is 2.24 bits per heavy atom. The van der Waals surface area contributed by atoms with E-state index in [0.29, 0.717) is 5.92 Å². The molecule has 0 heterocycles. The molecule has 1 aliphatic rings. The van der Waals surface area contributed by atoms with Gasteiger partial charge >= 0.3 is 5.97 Å². The monoisotopic (exact) mass is 241 g/mol. The number of carboxylic acids is 1. The average Bonchev–Trinajstić information content (AvgIpc) is 2.58. The van der Waals surface area contributed by atoms with Crippen LogP contribution in [0.2, 0.25) is 0 Å². The zero-order valence-corrected chi connectivity index (χ0v) is 11.1. The molecule has 1 amide bonds. The molecule has 2 unspecified atom stereocenters. The molecule has 0 saturated heterocycles. The molecule has 98 valence electrons. The molecule has 4 nitrogen and oxygen atoms in total. The highest BCUT2D eigenvalue weighted by Gasteiger charge is 2.36. The van der Waals surface area contributed by atoms with Gasteiger partial charge in [0.25, 0.3) is 0 Å². The lowest BCUT2D eigenvalue weighted by Crippen LogP contribution is -2.51. The summed E-state index contributed by atoms with van der Waals surface area (Å²) < 4.78 is 0. The maximum atomic E-state index is 12.0. The van der Waals surface area contributed by atoms with Crippen LogP contribution in [0.5, 0.6) is 0 Å². The lowest BCUT2D eigenvalue weighted by molar-refractivity contribution is -0.145. The summed E-state index contributed by atoms with van der Waals surface area (Å²) in [6, 6.07) is -0.817. The van der Waals surface area contributed by atoms with Gasteiger partial charge in [-0.15, -0.1) is 0 Å². The largest absolute Gasteiger partial charge is 0.480 e. The van der Waals surface area contributed by atoms with Gasteiger partial charge in [-0.1, -0.05) is 34.1 Å². The third kappa shape index (κ3) is 3.45. The molecule has 0 spiro atoms. The predicted octanol–water partition coefficient (Wildman–Crippen LogP) is 2.04. The maximum absolute atomic E-state index is 12.0. The van der Waals surface area contributed by atoms with Crippen molar-refractivity contribution in [3.8, 4) is 0 Å². The van der Waals surface area contributed by atoms with Crippen molar-refractivity contribution in [3.05, 3.63) is 0 Å². The quantitative estimate of drug-likeness (QED) is 0.794. The SMILES string of the molecule is CC1CCCC1C(=O)N[C@H](C(=O)O)C(C)(C)C. The Labute approximate surface area is 103 Å². The van der Waals surface area contributed by atoms with Crippen LogP contribution in [0.3, 0.4) is 0 Å². The van der Waals surface area contributed by atoms with Crippen LogP contribution in [-0.4, -0.2) is 23.0 Å². The Balaban J connectivity index is 2.68. The minimum atomic E-state index is -0.962. The fourth-order valence-electron chi connectivity index (χ4n) is 2.43. The molecule has 1 saturated carbocycles. The standard InChI is InChI=1S/C13H23NO3/c1-8-6-5-7-9(8)11(15)14-10(12(16)17)13(2,3)4/h8-10H,5-7H2,1-4H3,(H,14,15)(H,16,17)/t8?,9?,10-/m1/s1. The predicted molar refractivity (Wildman–Crippen MR) is 65.5 cm³/mol. The van der Waals surface area contributed by atoms with Crippen molar-refractivity contribution in [1.82, 2.24) is 5.32 Å². The van der Waals surface area contributed by atoms with Crippen molar-refractivity contribution in [2.24, 2.45) is 17.3 Å². The van der Waals surface area contributed by atoms with E-state index in [1.807, 2.05) is 20.8 Å². The second-order valence-corrected chi connectivity index (χ2v) is 6.16. The van der Waals surface area contributed by atoms with Gasteiger partial charge in [-0.05, 0) is 24.2 Å². The molecular weight excluding hydrogens is 218 g/mol. The van der Waals surface area contributed by atoms with E-state index in [1.54, 1.807) is 0 Å². The van der Waals surface area contributed by atoms with Gasteiger partial charge in [-0.3, -0.25) is 4.79 Å². The minimum Gasteiger partial charge on any atom is -0.480 e. The summed E-state index contributed by atoms with van der Waals surface area (Å²) in [5, 5.41) is 11.8. The summed E-state index contributed by atoms with van der Waals surface area (Å²) in [7, 11) is 0. The molecule has 1 rings (SSSR count). The van der Waals surface area contributed by atoms with E-state index in [2.05, 4.69) is 12.2 Å². The Bertz CT molecular complexity index is 306. The first-order valence-electron chi connectivity index (χ1n) is 6.26. The summed E-state index contributed by atoms with van der Waals surface area (Å²) >= 11 is 0. The number of aliphatic carboxylic acids is 1.